The smallest absolute Gasteiger partial charge is 0.144 e. The number of aryl methyl sites for hydroxylation is 1. The lowest BCUT2D eigenvalue weighted by atomic mass is 9.86. The maximum atomic E-state index is 8.77. The highest BCUT2D eigenvalue weighted by Gasteiger charge is 2.23. The Morgan fingerprint density at radius 1 is 1.38 bits per heavy atom. The molecule has 0 heterocycles. The molecule has 21 heavy (non-hydrogen) atoms. The van der Waals surface area contributed by atoms with E-state index in [1.807, 2.05) is 13.8 Å². The zero-order valence-electron chi connectivity index (χ0n) is 13.1. The molecule has 0 fully saturated rings. The van der Waals surface area contributed by atoms with E-state index in [2.05, 4.69) is 34.7 Å². The van der Waals surface area contributed by atoms with Crippen molar-refractivity contribution in [3.8, 4) is 0 Å². The maximum absolute atomic E-state index is 8.77. The van der Waals surface area contributed by atoms with Crippen LogP contribution in [0.3, 0.4) is 0 Å². The Hall–Kier alpha value is -1.55. The van der Waals surface area contributed by atoms with E-state index in [9.17, 15) is 0 Å². The van der Waals surface area contributed by atoms with Crippen molar-refractivity contribution in [2.24, 2.45) is 16.3 Å². The second-order valence-corrected chi connectivity index (χ2v) is 6.64. The van der Waals surface area contributed by atoms with Crippen LogP contribution in [-0.2, 0) is 12.8 Å². The molecule has 1 atom stereocenters. The zero-order valence-corrected chi connectivity index (χ0v) is 13.1. The fraction of sp³-hybridized carbons (Fsp3) is 0.588. The lowest BCUT2D eigenvalue weighted by Gasteiger charge is -2.27. The average Bonchev–Trinajstić information content (AvgIpc) is 2.50. The van der Waals surface area contributed by atoms with Gasteiger partial charge in [0.1, 0.15) is 5.84 Å². The first-order valence-electron chi connectivity index (χ1n) is 7.81. The molecule has 116 valence electrons. The fourth-order valence-corrected chi connectivity index (χ4v) is 2.97. The molecule has 0 bridgehead atoms. The van der Waals surface area contributed by atoms with Gasteiger partial charge in [-0.3, -0.25) is 0 Å². The number of hydrogen-bond acceptors (Lipinski definition) is 3. The fourth-order valence-electron chi connectivity index (χ4n) is 2.97. The first-order chi connectivity index (χ1) is 10.0. The number of rotatable bonds is 6. The molecular weight excluding hydrogens is 262 g/mol. The topological polar surface area (TPSA) is 70.6 Å². The molecule has 2 rings (SSSR count). The first kappa shape index (κ1) is 15.8. The molecule has 0 spiro atoms. The van der Waals surface area contributed by atoms with Gasteiger partial charge >= 0.3 is 0 Å². The van der Waals surface area contributed by atoms with Crippen molar-refractivity contribution in [1.29, 1.82) is 0 Å². The number of fused-ring (bicyclic) bond motifs is 1. The lowest BCUT2D eigenvalue weighted by Crippen LogP contribution is -2.36. The van der Waals surface area contributed by atoms with Crippen LogP contribution in [0.2, 0.25) is 0 Å². The van der Waals surface area contributed by atoms with Crippen molar-refractivity contribution in [2.75, 3.05) is 6.54 Å². The normalized spacial score (nSPS) is 19.3. The molecule has 1 aliphatic carbocycles. The van der Waals surface area contributed by atoms with Gasteiger partial charge in [-0.15, -0.1) is 0 Å². The van der Waals surface area contributed by atoms with E-state index in [-0.39, 0.29) is 5.41 Å². The van der Waals surface area contributed by atoms with Crippen molar-refractivity contribution in [1.82, 2.24) is 5.32 Å². The number of nitrogens with two attached hydrogens (primary N) is 1. The standard InChI is InChI=1S/C17H27N3O/c1-17(2,16(18)20-21)10-5-11-19-15-9-8-13-6-3-4-7-14(13)12-15/h3-4,6-7,15,19,21H,5,8-12H2,1-2H3,(H2,18,20). The number of amidine groups is 1. The van der Waals surface area contributed by atoms with E-state index in [1.54, 1.807) is 0 Å². The molecule has 0 aliphatic heterocycles. The highest BCUT2D eigenvalue weighted by atomic mass is 16.4. The highest BCUT2D eigenvalue weighted by Crippen LogP contribution is 2.23. The second-order valence-electron chi connectivity index (χ2n) is 6.64. The zero-order chi connectivity index (χ0) is 15.3. The average molecular weight is 289 g/mol. The van der Waals surface area contributed by atoms with E-state index >= 15 is 0 Å². The first-order valence-corrected chi connectivity index (χ1v) is 7.81. The van der Waals surface area contributed by atoms with E-state index in [4.69, 9.17) is 10.9 Å². The number of nitrogens with one attached hydrogen (secondary N) is 1. The van der Waals surface area contributed by atoms with Crippen LogP contribution in [0.1, 0.15) is 44.2 Å². The van der Waals surface area contributed by atoms with E-state index < -0.39 is 0 Å². The number of nitrogens with zero attached hydrogens (tertiary/aromatic N) is 1. The summed E-state index contributed by atoms with van der Waals surface area (Å²) in [7, 11) is 0. The Morgan fingerprint density at radius 2 is 2.10 bits per heavy atom. The van der Waals surface area contributed by atoms with Crippen LogP contribution < -0.4 is 11.1 Å². The van der Waals surface area contributed by atoms with Gasteiger partial charge in [0.2, 0.25) is 0 Å². The Morgan fingerprint density at radius 3 is 2.81 bits per heavy atom. The van der Waals surface area contributed by atoms with Crippen LogP contribution in [0, 0.1) is 5.41 Å². The molecule has 4 heteroatoms. The van der Waals surface area contributed by atoms with Gasteiger partial charge in [-0.05, 0) is 49.8 Å². The molecule has 1 unspecified atom stereocenters. The molecule has 0 saturated heterocycles. The minimum Gasteiger partial charge on any atom is -0.409 e. The SMILES string of the molecule is CC(C)(CCCNC1CCc2ccccc2C1)C(N)=NO. The summed E-state index contributed by atoms with van der Waals surface area (Å²) in [5.41, 5.74) is 8.46. The van der Waals surface area contributed by atoms with Crippen LogP contribution >= 0.6 is 0 Å². The molecule has 0 saturated carbocycles. The summed E-state index contributed by atoms with van der Waals surface area (Å²) in [6, 6.07) is 9.31. The van der Waals surface area contributed by atoms with Crippen molar-refractivity contribution in [3.63, 3.8) is 0 Å². The van der Waals surface area contributed by atoms with E-state index in [0.717, 1.165) is 25.8 Å². The number of benzene rings is 1. The van der Waals surface area contributed by atoms with Gasteiger partial charge in [0.05, 0.1) is 0 Å². The van der Waals surface area contributed by atoms with Gasteiger partial charge in [0.15, 0.2) is 0 Å². The molecule has 0 aromatic heterocycles. The summed E-state index contributed by atoms with van der Waals surface area (Å²) < 4.78 is 0. The predicted octanol–water partition coefficient (Wildman–Crippen LogP) is 2.69. The van der Waals surface area contributed by atoms with Crippen LogP contribution in [0.4, 0.5) is 0 Å². The van der Waals surface area contributed by atoms with Gasteiger partial charge in [-0.1, -0.05) is 43.3 Å². The second kappa shape index (κ2) is 6.94. The van der Waals surface area contributed by atoms with Gasteiger partial charge in [0, 0.05) is 11.5 Å². The molecule has 1 aliphatic rings. The van der Waals surface area contributed by atoms with Crippen molar-refractivity contribution >= 4 is 5.84 Å². The number of oxime groups is 1. The van der Waals surface area contributed by atoms with Crippen LogP contribution in [-0.4, -0.2) is 23.6 Å². The summed E-state index contributed by atoms with van der Waals surface area (Å²) in [5.74, 6) is 0.314. The number of hydrogen-bond donors (Lipinski definition) is 3. The molecule has 1 aromatic rings. The summed E-state index contributed by atoms with van der Waals surface area (Å²) in [4.78, 5) is 0. The van der Waals surface area contributed by atoms with Crippen LogP contribution in [0.25, 0.3) is 0 Å². The van der Waals surface area contributed by atoms with Crippen LogP contribution in [0.5, 0.6) is 0 Å². The maximum Gasteiger partial charge on any atom is 0.144 e. The van der Waals surface area contributed by atoms with Crippen LogP contribution in [0.15, 0.2) is 29.4 Å². The summed E-state index contributed by atoms with van der Waals surface area (Å²) in [6.45, 7) is 5.01. The Kier molecular flexibility index (Phi) is 5.23. The predicted molar refractivity (Wildman–Crippen MR) is 86.7 cm³/mol. The monoisotopic (exact) mass is 289 g/mol. The van der Waals surface area contributed by atoms with Gasteiger partial charge in [0.25, 0.3) is 0 Å². The van der Waals surface area contributed by atoms with Crippen molar-refractivity contribution in [2.45, 2.75) is 52.0 Å². The van der Waals surface area contributed by atoms with E-state index in [1.165, 1.54) is 24.0 Å². The summed E-state index contributed by atoms with van der Waals surface area (Å²) >= 11 is 0. The minimum atomic E-state index is -0.240. The van der Waals surface area contributed by atoms with Gasteiger partial charge in [-0.25, -0.2) is 0 Å². The Balaban J connectivity index is 1.73. The molecule has 1 aromatic carbocycles. The molecule has 4 nitrogen and oxygen atoms in total. The third-order valence-corrected chi connectivity index (χ3v) is 4.56. The molecular formula is C17H27N3O. The molecule has 0 radical (unpaired) electrons. The van der Waals surface area contributed by atoms with Gasteiger partial charge < -0.3 is 16.3 Å². The van der Waals surface area contributed by atoms with E-state index in [0.29, 0.717) is 11.9 Å². The Labute approximate surface area is 127 Å². The highest BCUT2D eigenvalue weighted by molar-refractivity contribution is 5.85. The minimum absolute atomic E-state index is 0.240. The Bertz CT molecular complexity index is 497. The molecule has 4 N–H and O–H groups in total. The molecule has 0 amide bonds. The van der Waals surface area contributed by atoms with Crippen molar-refractivity contribution < 1.29 is 5.21 Å². The third-order valence-electron chi connectivity index (χ3n) is 4.56. The van der Waals surface area contributed by atoms with Crippen molar-refractivity contribution in [3.05, 3.63) is 35.4 Å². The largest absolute Gasteiger partial charge is 0.409 e. The lowest BCUT2D eigenvalue weighted by molar-refractivity contribution is 0.304. The quantitative estimate of drug-likeness (QED) is 0.248. The third kappa shape index (κ3) is 4.21. The van der Waals surface area contributed by atoms with Gasteiger partial charge in [-0.2, -0.15) is 0 Å². The summed E-state index contributed by atoms with van der Waals surface area (Å²) in [6.07, 6.45) is 5.45. The summed E-state index contributed by atoms with van der Waals surface area (Å²) in [5, 5.41) is 15.5.